The van der Waals surface area contributed by atoms with Crippen LogP contribution in [0.3, 0.4) is 0 Å². The Morgan fingerprint density at radius 1 is 1.16 bits per heavy atom. The molecule has 1 fully saturated rings. The molecule has 130 valence electrons. The monoisotopic (exact) mass is 360 g/mol. The quantitative estimate of drug-likeness (QED) is 0.670. The van der Waals surface area contributed by atoms with Gasteiger partial charge in [-0.25, -0.2) is 24.3 Å². The number of anilines is 1. The van der Waals surface area contributed by atoms with Gasteiger partial charge in [0.05, 0.1) is 5.39 Å². The van der Waals surface area contributed by atoms with Crippen LogP contribution in [0, 0.1) is 5.82 Å². The van der Waals surface area contributed by atoms with Gasteiger partial charge in [-0.05, 0) is 24.8 Å². The van der Waals surface area contributed by atoms with E-state index in [0.29, 0.717) is 11.0 Å². The molecule has 1 aliphatic rings. The summed E-state index contributed by atoms with van der Waals surface area (Å²) in [6, 6.07) is 0.170. The van der Waals surface area contributed by atoms with Gasteiger partial charge in [0.15, 0.2) is 5.82 Å². The minimum absolute atomic E-state index is 0.156. The van der Waals surface area contributed by atoms with Crippen molar-refractivity contribution in [3.05, 3.63) is 41.5 Å². The zero-order valence-corrected chi connectivity index (χ0v) is 14.6. The first-order valence-electron chi connectivity index (χ1n) is 8.39. The lowest BCUT2D eigenvalue weighted by molar-refractivity contribution is 0.398. The highest BCUT2D eigenvalue weighted by molar-refractivity contribution is 6.34. The Morgan fingerprint density at radius 3 is 2.56 bits per heavy atom. The van der Waals surface area contributed by atoms with Gasteiger partial charge in [0.25, 0.3) is 0 Å². The number of aromatic nitrogens is 5. The van der Waals surface area contributed by atoms with E-state index >= 15 is 0 Å². The van der Waals surface area contributed by atoms with Crippen molar-refractivity contribution < 1.29 is 4.39 Å². The van der Waals surface area contributed by atoms with E-state index in [1.54, 1.807) is 0 Å². The second-order valence-corrected chi connectivity index (χ2v) is 6.57. The molecular weight excluding hydrogens is 343 g/mol. The Balaban J connectivity index is 1.53. The van der Waals surface area contributed by atoms with Crippen LogP contribution in [-0.4, -0.2) is 37.6 Å². The van der Waals surface area contributed by atoms with Crippen LogP contribution in [-0.2, 0) is 6.42 Å². The van der Waals surface area contributed by atoms with Crippen LogP contribution in [0.5, 0.6) is 0 Å². The van der Waals surface area contributed by atoms with Crippen molar-refractivity contribution in [3.63, 3.8) is 0 Å². The summed E-state index contributed by atoms with van der Waals surface area (Å²) in [4.78, 5) is 19.2. The fraction of sp³-hybridized carbons (Fsp3) is 0.412. The van der Waals surface area contributed by atoms with Gasteiger partial charge in [-0.1, -0.05) is 18.5 Å². The van der Waals surface area contributed by atoms with Gasteiger partial charge in [0.2, 0.25) is 5.95 Å². The SMILES string of the molecule is CCc1cnc(N2CCC(n3cc(F)c4c(Cl)ncnc43)CC2)nc1. The van der Waals surface area contributed by atoms with E-state index in [1.165, 1.54) is 12.5 Å². The molecule has 4 rings (SSSR count). The second kappa shape index (κ2) is 6.55. The minimum Gasteiger partial charge on any atom is -0.341 e. The summed E-state index contributed by atoms with van der Waals surface area (Å²) in [7, 11) is 0. The molecule has 0 bridgehead atoms. The van der Waals surface area contributed by atoms with Crippen LogP contribution in [0.2, 0.25) is 5.15 Å². The normalized spacial score (nSPS) is 15.9. The molecule has 0 saturated carbocycles. The Kier molecular flexibility index (Phi) is 4.25. The summed E-state index contributed by atoms with van der Waals surface area (Å²) in [6.45, 7) is 3.71. The molecule has 4 heterocycles. The van der Waals surface area contributed by atoms with Crippen molar-refractivity contribution >= 4 is 28.6 Å². The van der Waals surface area contributed by atoms with Gasteiger partial charge < -0.3 is 9.47 Å². The molecule has 0 unspecified atom stereocenters. The highest BCUT2D eigenvalue weighted by Crippen LogP contribution is 2.31. The van der Waals surface area contributed by atoms with Crippen LogP contribution in [0.25, 0.3) is 11.0 Å². The fourth-order valence-corrected chi connectivity index (χ4v) is 3.54. The minimum atomic E-state index is -0.374. The first-order chi connectivity index (χ1) is 12.2. The van der Waals surface area contributed by atoms with Gasteiger partial charge >= 0.3 is 0 Å². The molecule has 0 aromatic carbocycles. The first kappa shape index (κ1) is 16.2. The Labute approximate surface area is 149 Å². The van der Waals surface area contributed by atoms with E-state index in [2.05, 4.69) is 31.8 Å². The predicted octanol–water partition coefficient (Wildman–Crippen LogP) is 3.42. The van der Waals surface area contributed by atoms with Crippen molar-refractivity contribution in [2.75, 3.05) is 18.0 Å². The third-order valence-corrected chi connectivity index (χ3v) is 5.04. The summed E-state index contributed by atoms with van der Waals surface area (Å²) in [5.41, 5.74) is 1.68. The molecule has 3 aromatic heterocycles. The Hall–Kier alpha value is -2.28. The second-order valence-electron chi connectivity index (χ2n) is 6.21. The van der Waals surface area contributed by atoms with Crippen molar-refractivity contribution in [2.24, 2.45) is 0 Å². The summed E-state index contributed by atoms with van der Waals surface area (Å²) in [6.07, 6.45) is 9.27. The van der Waals surface area contributed by atoms with Gasteiger partial charge in [0, 0.05) is 37.7 Å². The molecule has 0 amide bonds. The number of nitrogens with zero attached hydrogens (tertiary/aromatic N) is 6. The van der Waals surface area contributed by atoms with Crippen molar-refractivity contribution in [1.29, 1.82) is 0 Å². The summed E-state index contributed by atoms with van der Waals surface area (Å²) >= 11 is 6.01. The van der Waals surface area contributed by atoms with E-state index < -0.39 is 0 Å². The summed E-state index contributed by atoms with van der Waals surface area (Å²) < 4.78 is 16.1. The van der Waals surface area contributed by atoms with E-state index in [4.69, 9.17) is 11.6 Å². The number of hydrogen-bond acceptors (Lipinski definition) is 5. The van der Waals surface area contributed by atoms with Crippen LogP contribution in [0.1, 0.15) is 31.4 Å². The maximum Gasteiger partial charge on any atom is 0.225 e. The Bertz CT molecular complexity index is 886. The van der Waals surface area contributed by atoms with Crippen LogP contribution < -0.4 is 4.90 Å². The molecular formula is C17H18ClFN6. The zero-order chi connectivity index (χ0) is 17.4. The maximum atomic E-state index is 14.2. The maximum absolute atomic E-state index is 14.2. The molecule has 0 N–H and O–H groups in total. The molecule has 3 aromatic rings. The first-order valence-corrected chi connectivity index (χ1v) is 8.77. The number of hydrogen-bond donors (Lipinski definition) is 0. The van der Waals surface area contributed by atoms with Crippen molar-refractivity contribution in [2.45, 2.75) is 32.2 Å². The molecule has 0 spiro atoms. The molecule has 25 heavy (non-hydrogen) atoms. The average molecular weight is 361 g/mol. The highest BCUT2D eigenvalue weighted by atomic mass is 35.5. The van der Waals surface area contributed by atoms with Crippen molar-refractivity contribution in [3.8, 4) is 0 Å². The molecule has 0 aliphatic carbocycles. The predicted molar refractivity (Wildman–Crippen MR) is 94.4 cm³/mol. The largest absolute Gasteiger partial charge is 0.341 e. The number of aryl methyl sites for hydroxylation is 1. The molecule has 8 heteroatoms. The highest BCUT2D eigenvalue weighted by Gasteiger charge is 2.25. The van der Waals surface area contributed by atoms with Crippen LogP contribution >= 0.6 is 11.6 Å². The summed E-state index contributed by atoms with van der Waals surface area (Å²) in [5.74, 6) is 0.381. The van der Waals surface area contributed by atoms with E-state index in [1.807, 2.05) is 17.0 Å². The van der Waals surface area contributed by atoms with Gasteiger partial charge in [-0.2, -0.15) is 0 Å². The standard InChI is InChI=1S/C17H18ClFN6/c1-2-11-7-20-17(21-8-11)24-5-3-12(4-6-24)25-9-13(19)14-15(18)22-10-23-16(14)25/h7-10,12H,2-6H2,1H3. The third-order valence-electron chi connectivity index (χ3n) is 4.76. The summed E-state index contributed by atoms with van der Waals surface area (Å²) in [5, 5.41) is 0.452. The van der Waals surface area contributed by atoms with Gasteiger partial charge in [-0.15, -0.1) is 0 Å². The number of rotatable bonds is 3. The van der Waals surface area contributed by atoms with E-state index in [0.717, 1.165) is 43.9 Å². The molecule has 0 radical (unpaired) electrons. The average Bonchev–Trinajstić information content (AvgIpc) is 3.00. The molecule has 0 atom stereocenters. The lowest BCUT2D eigenvalue weighted by Gasteiger charge is -2.32. The van der Waals surface area contributed by atoms with E-state index in [9.17, 15) is 4.39 Å². The fourth-order valence-electron chi connectivity index (χ4n) is 3.32. The van der Waals surface area contributed by atoms with Crippen LogP contribution in [0.4, 0.5) is 10.3 Å². The molecule has 6 nitrogen and oxygen atoms in total. The smallest absolute Gasteiger partial charge is 0.225 e. The number of halogens is 2. The lowest BCUT2D eigenvalue weighted by atomic mass is 10.1. The van der Waals surface area contributed by atoms with Gasteiger partial charge in [0.1, 0.15) is 17.1 Å². The topological polar surface area (TPSA) is 59.7 Å². The zero-order valence-electron chi connectivity index (χ0n) is 13.9. The van der Waals surface area contributed by atoms with Gasteiger partial charge in [-0.3, -0.25) is 0 Å². The molecule has 1 aliphatic heterocycles. The molecule has 1 saturated heterocycles. The Morgan fingerprint density at radius 2 is 1.88 bits per heavy atom. The number of piperidine rings is 1. The van der Waals surface area contributed by atoms with Crippen molar-refractivity contribution in [1.82, 2.24) is 24.5 Å². The lowest BCUT2D eigenvalue weighted by Crippen LogP contribution is -2.35. The number of fused-ring (bicyclic) bond motifs is 1. The van der Waals surface area contributed by atoms with E-state index in [-0.39, 0.29) is 17.0 Å². The van der Waals surface area contributed by atoms with Crippen LogP contribution in [0.15, 0.2) is 24.9 Å². The third kappa shape index (κ3) is 2.93.